The van der Waals surface area contributed by atoms with Gasteiger partial charge in [0.05, 0.1) is 6.61 Å². The van der Waals surface area contributed by atoms with Gasteiger partial charge in [-0.15, -0.1) is 0 Å². The van der Waals surface area contributed by atoms with Gasteiger partial charge in [-0.2, -0.15) is 0 Å². The zero-order chi connectivity index (χ0) is 11.7. The molecule has 0 spiro atoms. The zero-order valence-corrected chi connectivity index (χ0v) is 8.60. The van der Waals surface area contributed by atoms with Gasteiger partial charge < -0.3 is 4.74 Å². The molecule has 2 rings (SSSR count). The van der Waals surface area contributed by atoms with Crippen molar-refractivity contribution >= 4 is 17.5 Å². The summed E-state index contributed by atoms with van der Waals surface area (Å²) in [6.07, 6.45) is 2.71. The van der Waals surface area contributed by atoms with E-state index in [-0.39, 0.29) is 17.7 Å². The number of carbonyl (C=O) groups excluding carboxylic acids is 3. The molecule has 0 fully saturated rings. The lowest BCUT2D eigenvalue weighted by molar-refractivity contribution is -0.144. The maximum absolute atomic E-state index is 11.8. The van der Waals surface area contributed by atoms with Crippen molar-refractivity contribution < 1.29 is 19.1 Å². The van der Waals surface area contributed by atoms with E-state index in [1.165, 1.54) is 18.5 Å². The molecule has 0 radical (unpaired) electrons. The average molecular weight is 219 g/mol. The summed E-state index contributed by atoms with van der Waals surface area (Å²) in [4.78, 5) is 38.7. The molecule has 1 aliphatic rings. The number of esters is 1. The van der Waals surface area contributed by atoms with E-state index in [0.717, 1.165) is 0 Å². The number of aromatic nitrogens is 1. The maximum Gasteiger partial charge on any atom is 0.324 e. The van der Waals surface area contributed by atoms with Crippen LogP contribution in [-0.2, 0) is 9.53 Å². The molecule has 0 N–H and O–H groups in total. The Morgan fingerprint density at radius 3 is 2.69 bits per heavy atom. The maximum atomic E-state index is 11.8. The number of fused-ring (bicyclic) bond motifs is 1. The van der Waals surface area contributed by atoms with Gasteiger partial charge in [0.15, 0.2) is 17.5 Å². The number of nitrogens with zero attached hydrogens (tertiary/aromatic N) is 1. The Hall–Kier alpha value is -2.04. The quantitative estimate of drug-likeness (QED) is 0.539. The van der Waals surface area contributed by atoms with Crippen molar-refractivity contribution in [3.8, 4) is 0 Å². The fourth-order valence-corrected chi connectivity index (χ4v) is 1.68. The first kappa shape index (κ1) is 10.5. The first-order chi connectivity index (χ1) is 7.66. The molecule has 16 heavy (non-hydrogen) atoms. The van der Waals surface area contributed by atoms with Crippen molar-refractivity contribution in [2.24, 2.45) is 5.92 Å². The standard InChI is InChI=1S/C11H9NO4/c1-2-16-11(15)8-9(13)6-3-4-12-5-7(6)10(8)14/h3-5,8H,2H2,1H3. The first-order valence-corrected chi connectivity index (χ1v) is 4.86. The molecule has 1 aromatic rings. The third-order valence-corrected chi connectivity index (χ3v) is 2.40. The SMILES string of the molecule is CCOC(=O)C1C(=O)c2ccncc2C1=O. The van der Waals surface area contributed by atoms with Crippen LogP contribution in [0.3, 0.4) is 0 Å². The Morgan fingerprint density at radius 1 is 1.38 bits per heavy atom. The fraction of sp³-hybridized carbons (Fsp3) is 0.273. The second kappa shape index (κ2) is 3.84. The number of rotatable bonds is 2. The van der Waals surface area contributed by atoms with Crippen molar-refractivity contribution in [1.82, 2.24) is 4.98 Å². The second-order valence-corrected chi connectivity index (χ2v) is 3.33. The molecule has 0 aromatic carbocycles. The van der Waals surface area contributed by atoms with E-state index in [1.54, 1.807) is 6.92 Å². The molecule has 5 heteroatoms. The molecule has 82 valence electrons. The molecule has 0 saturated carbocycles. The van der Waals surface area contributed by atoms with Crippen molar-refractivity contribution in [3.63, 3.8) is 0 Å². The molecule has 1 heterocycles. The number of Topliss-reactive ketones (excluding diaryl/α,β-unsaturated/α-hetero) is 2. The second-order valence-electron chi connectivity index (χ2n) is 3.33. The molecule has 0 bridgehead atoms. The minimum Gasteiger partial charge on any atom is -0.465 e. The Kier molecular flexibility index (Phi) is 2.52. The molecular weight excluding hydrogens is 210 g/mol. The van der Waals surface area contributed by atoms with Gasteiger partial charge in [0.2, 0.25) is 0 Å². The molecule has 0 saturated heterocycles. The van der Waals surface area contributed by atoms with Crippen LogP contribution >= 0.6 is 0 Å². The van der Waals surface area contributed by atoms with Crippen LogP contribution in [0.5, 0.6) is 0 Å². The van der Waals surface area contributed by atoms with Gasteiger partial charge in [-0.1, -0.05) is 0 Å². The van der Waals surface area contributed by atoms with Crippen LogP contribution in [0.4, 0.5) is 0 Å². The smallest absolute Gasteiger partial charge is 0.324 e. The number of pyridine rings is 1. The lowest BCUT2D eigenvalue weighted by Gasteiger charge is -2.05. The van der Waals surface area contributed by atoms with E-state index in [0.29, 0.717) is 0 Å². The van der Waals surface area contributed by atoms with Crippen molar-refractivity contribution in [2.75, 3.05) is 6.61 Å². The Labute approximate surface area is 91.4 Å². The van der Waals surface area contributed by atoms with Gasteiger partial charge in [-0.25, -0.2) is 0 Å². The molecule has 1 unspecified atom stereocenters. The Balaban J connectivity index is 2.39. The fourth-order valence-electron chi connectivity index (χ4n) is 1.68. The number of ether oxygens (including phenoxy) is 1. The normalized spacial score (nSPS) is 18.4. The van der Waals surface area contributed by atoms with E-state index < -0.39 is 23.5 Å². The van der Waals surface area contributed by atoms with Crippen LogP contribution in [0, 0.1) is 5.92 Å². The van der Waals surface area contributed by atoms with Gasteiger partial charge >= 0.3 is 5.97 Å². The number of carbonyl (C=O) groups is 3. The Bertz CT molecular complexity index is 446. The summed E-state index contributed by atoms with van der Waals surface area (Å²) in [5.41, 5.74) is 0.448. The van der Waals surface area contributed by atoms with Crippen LogP contribution in [0.1, 0.15) is 27.6 Å². The summed E-state index contributed by atoms with van der Waals surface area (Å²) < 4.78 is 4.70. The van der Waals surface area contributed by atoms with Crippen LogP contribution < -0.4 is 0 Å². The Morgan fingerprint density at radius 2 is 2.06 bits per heavy atom. The predicted octanol–water partition coefficient (Wildman–Crippen LogP) is 0.640. The summed E-state index contributed by atoms with van der Waals surface area (Å²) in [6.45, 7) is 1.76. The van der Waals surface area contributed by atoms with E-state index in [1.807, 2.05) is 0 Å². The highest BCUT2D eigenvalue weighted by Gasteiger charge is 2.44. The number of hydrogen-bond donors (Lipinski definition) is 0. The van der Waals surface area contributed by atoms with Crippen molar-refractivity contribution in [1.29, 1.82) is 0 Å². The summed E-state index contributed by atoms with van der Waals surface area (Å²) in [7, 11) is 0. The summed E-state index contributed by atoms with van der Waals surface area (Å²) in [5.74, 6) is -3.14. The molecule has 1 aromatic heterocycles. The van der Waals surface area contributed by atoms with E-state index in [2.05, 4.69) is 4.98 Å². The zero-order valence-electron chi connectivity index (χ0n) is 8.60. The van der Waals surface area contributed by atoms with Gasteiger partial charge in [-0.05, 0) is 13.0 Å². The molecule has 0 amide bonds. The summed E-state index contributed by atoms with van der Waals surface area (Å²) >= 11 is 0. The number of hydrogen-bond acceptors (Lipinski definition) is 5. The molecular formula is C11H9NO4. The molecule has 1 aliphatic carbocycles. The lowest BCUT2D eigenvalue weighted by Crippen LogP contribution is -2.27. The third-order valence-electron chi connectivity index (χ3n) is 2.40. The summed E-state index contributed by atoms with van der Waals surface area (Å²) in [5, 5.41) is 0. The minimum atomic E-state index is -1.33. The van der Waals surface area contributed by atoms with Gasteiger partial charge in [0.1, 0.15) is 0 Å². The van der Waals surface area contributed by atoms with Crippen LogP contribution in [-0.4, -0.2) is 29.1 Å². The molecule has 5 nitrogen and oxygen atoms in total. The number of ketones is 2. The van der Waals surface area contributed by atoms with Crippen molar-refractivity contribution in [2.45, 2.75) is 6.92 Å². The first-order valence-electron chi connectivity index (χ1n) is 4.86. The van der Waals surface area contributed by atoms with Crippen molar-refractivity contribution in [3.05, 3.63) is 29.6 Å². The van der Waals surface area contributed by atoms with Gasteiger partial charge in [0.25, 0.3) is 0 Å². The molecule has 1 atom stereocenters. The highest BCUT2D eigenvalue weighted by molar-refractivity contribution is 6.34. The van der Waals surface area contributed by atoms with E-state index in [9.17, 15) is 14.4 Å². The van der Waals surface area contributed by atoms with E-state index >= 15 is 0 Å². The summed E-state index contributed by atoms with van der Waals surface area (Å²) in [6, 6.07) is 1.44. The monoisotopic (exact) mass is 219 g/mol. The van der Waals surface area contributed by atoms with Crippen LogP contribution in [0.25, 0.3) is 0 Å². The lowest BCUT2D eigenvalue weighted by atomic mass is 10.1. The van der Waals surface area contributed by atoms with Crippen LogP contribution in [0.2, 0.25) is 0 Å². The van der Waals surface area contributed by atoms with Crippen LogP contribution in [0.15, 0.2) is 18.5 Å². The van der Waals surface area contributed by atoms with Gasteiger partial charge in [-0.3, -0.25) is 19.4 Å². The predicted molar refractivity (Wildman–Crippen MR) is 53.0 cm³/mol. The minimum absolute atomic E-state index is 0.143. The topological polar surface area (TPSA) is 73.3 Å². The third kappa shape index (κ3) is 1.41. The largest absolute Gasteiger partial charge is 0.465 e. The van der Waals surface area contributed by atoms with Gasteiger partial charge in [0, 0.05) is 23.5 Å². The average Bonchev–Trinajstić information content (AvgIpc) is 2.53. The highest BCUT2D eigenvalue weighted by Crippen LogP contribution is 2.26. The van der Waals surface area contributed by atoms with E-state index in [4.69, 9.17) is 4.74 Å². The molecule has 0 aliphatic heterocycles. The highest BCUT2D eigenvalue weighted by atomic mass is 16.5.